The first-order valence-electron chi connectivity index (χ1n) is 10.8. The third-order valence-corrected chi connectivity index (χ3v) is 6.21. The number of nitrogens with one attached hydrogen (secondary N) is 1. The van der Waals surface area contributed by atoms with Crippen molar-refractivity contribution in [3.63, 3.8) is 0 Å². The zero-order valence-corrected chi connectivity index (χ0v) is 17.6. The van der Waals surface area contributed by atoms with E-state index in [0.29, 0.717) is 50.4 Å². The van der Waals surface area contributed by atoms with Crippen molar-refractivity contribution in [1.29, 1.82) is 0 Å². The van der Waals surface area contributed by atoms with Gasteiger partial charge in [0.1, 0.15) is 11.4 Å². The Bertz CT molecular complexity index is 1160. The summed E-state index contributed by atoms with van der Waals surface area (Å²) in [5.74, 6) is 0.200. The van der Waals surface area contributed by atoms with Crippen LogP contribution in [0, 0.1) is 0 Å². The highest BCUT2D eigenvalue weighted by Gasteiger charge is 2.50. The summed E-state index contributed by atoms with van der Waals surface area (Å²) in [5, 5.41) is 16.9. The van der Waals surface area contributed by atoms with Crippen LogP contribution in [-0.2, 0) is 4.79 Å². The average molecular weight is 431 g/mol. The summed E-state index contributed by atoms with van der Waals surface area (Å²) >= 11 is 0. The number of carbonyl (C=O) groups excluding carboxylic acids is 2. The van der Waals surface area contributed by atoms with Gasteiger partial charge < -0.3 is 20.6 Å². The minimum absolute atomic E-state index is 0.0459. The van der Waals surface area contributed by atoms with Gasteiger partial charge in [0.25, 0.3) is 11.8 Å². The monoisotopic (exact) mass is 431 g/mol. The first-order chi connectivity index (χ1) is 15.4. The Kier molecular flexibility index (Phi) is 4.94. The van der Waals surface area contributed by atoms with Gasteiger partial charge in [-0.2, -0.15) is 5.10 Å². The topological polar surface area (TPSA) is 116 Å². The maximum absolute atomic E-state index is 12.9. The highest BCUT2D eigenvalue weighted by atomic mass is 16.3. The molecule has 2 aliphatic rings. The highest BCUT2D eigenvalue weighted by Crippen LogP contribution is 2.37. The van der Waals surface area contributed by atoms with Gasteiger partial charge in [0, 0.05) is 43.4 Å². The van der Waals surface area contributed by atoms with E-state index < -0.39 is 5.60 Å². The van der Waals surface area contributed by atoms with E-state index in [0.717, 1.165) is 22.4 Å². The fourth-order valence-electron chi connectivity index (χ4n) is 4.08. The lowest BCUT2D eigenvalue weighted by molar-refractivity contribution is -0.143. The SMILES string of the molecule is Nc1cc(-c2cccc(-c3ccc(C(=O)N4CCN(C(=O)C5(O)CC5)CC4)cc3)c2)[nH]n1. The number of benzene rings is 2. The van der Waals surface area contributed by atoms with Crippen molar-refractivity contribution in [1.82, 2.24) is 20.0 Å². The Morgan fingerprint density at radius 2 is 1.56 bits per heavy atom. The number of aromatic amines is 1. The number of piperazine rings is 1. The van der Waals surface area contributed by atoms with Crippen molar-refractivity contribution in [3.8, 4) is 22.4 Å². The summed E-state index contributed by atoms with van der Waals surface area (Å²) in [7, 11) is 0. The molecule has 164 valence electrons. The molecule has 2 heterocycles. The minimum Gasteiger partial charge on any atom is -0.382 e. The zero-order valence-electron chi connectivity index (χ0n) is 17.6. The Morgan fingerprint density at radius 3 is 2.19 bits per heavy atom. The summed E-state index contributed by atoms with van der Waals surface area (Å²) in [5.41, 5.74) is 9.04. The predicted octanol–water partition coefficient (Wildman–Crippen LogP) is 2.14. The largest absolute Gasteiger partial charge is 0.382 e. The molecule has 2 amide bonds. The maximum Gasteiger partial charge on any atom is 0.254 e. The average Bonchev–Trinajstić information content (AvgIpc) is 3.44. The maximum atomic E-state index is 12.9. The summed E-state index contributed by atoms with van der Waals surface area (Å²) in [4.78, 5) is 28.6. The number of anilines is 1. The van der Waals surface area contributed by atoms with Crippen molar-refractivity contribution in [2.75, 3.05) is 31.9 Å². The van der Waals surface area contributed by atoms with Crippen LogP contribution in [0.3, 0.4) is 0 Å². The van der Waals surface area contributed by atoms with Crippen molar-refractivity contribution >= 4 is 17.6 Å². The molecule has 1 saturated carbocycles. The van der Waals surface area contributed by atoms with Gasteiger partial charge in [-0.25, -0.2) is 0 Å². The molecule has 3 aromatic rings. The molecular formula is C24H25N5O3. The molecule has 0 radical (unpaired) electrons. The van der Waals surface area contributed by atoms with Gasteiger partial charge in [0.2, 0.25) is 0 Å². The smallest absolute Gasteiger partial charge is 0.254 e. The number of rotatable bonds is 4. The lowest BCUT2D eigenvalue weighted by atomic mass is 10.0. The number of carbonyl (C=O) groups is 2. The molecule has 4 N–H and O–H groups in total. The summed E-state index contributed by atoms with van der Waals surface area (Å²) in [6.07, 6.45) is 1.08. The van der Waals surface area contributed by atoms with Crippen LogP contribution in [-0.4, -0.2) is 68.7 Å². The molecule has 1 aromatic heterocycles. The van der Waals surface area contributed by atoms with E-state index in [9.17, 15) is 14.7 Å². The Hall–Kier alpha value is -3.65. The number of aliphatic hydroxyl groups is 1. The van der Waals surface area contributed by atoms with E-state index in [-0.39, 0.29) is 11.8 Å². The molecule has 0 atom stereocenters. The Morgan fingerprint density at radius 1 is 0.906 bits per heavy atom. The molecule has 8 nitrogen and oxygen atoms in total. The molecule has 2 fully saturated rings. The van der Waals surface area contributed by atoms with E-state index >= 15 is 0 Å². The summed E-state index contributed by atoms with van der Waals surface area (Å²) in [6.45, 7) is 1.85. The second kappa shape index (κ2) is 7.80. The number of aromatic nitrogens is 2. The number of nitrogens with zero attached hydrogens (tertiary/aromatic N) is 3. The zero-order chi connectivity index (χ0) is 22.3. The van der Waals surface area contributed by atoms with Gasteiger partial charge in [0.05, 0.1) is 5.69 Å². The molecule has 2 aromatic carbocycles. The molecule has 5 rings (SSSR count). The van der Waals surface area contributed by atoms with Gasteiger partial charge in [-0.05, 0) is 42.2 Å². The van der Waals surface area contributed by atoms with Gasteiger partial charge in [-0.3, -0.25) is 14.7 Å². The number of hydrogen-bond donors (Lipinski definition) is 3. The van der Waals surface area contributed by atoms with E-state index in [1.807, 2.05) is 48.5 Å². The predicted molar refractivity (Wildman–Crippen MR) is 121 cm³/mol. The van der Waals surface area contributed by atoms with Crippen LogP contribution in [0.15, 0.2) is 54.6 Å². The van der Waals surface area contributed by atoms with E-state index in [2.05, 4.69) is 10.2 Å². The fourth-order valence-corrected chi connectivity index (χ4v) is 4.08. The van der Waals surface area contributed by atoms with Crippen molar-refractivity contribution in [2.45, 2.75) is 18.4 Å². The summed E-state index contributed by atoms with van der Waals surface area (Å²) < 4.78 is 0. The fraction of sp³-hybridized carbons (Fsp3) is 0.292. The third kappa shape index (κ3) is 3.85. The van der Waals surface area contributed by atoms with Crippen LogP contribution < -0.4 is 5.73 Å². The number of H-pyrrole nitrogens is 1. The first-order valence-corrected chi connectivity index (χ1v) is 10.8. The molecule has 8 heteroatoms. The molecule has 1 aliphatic carbocycles. The standard InChI is InChI=1S/C24H25N5O3/c25-21-15-20(26-27-21)19-3-1-2-18(14-19)16-4-6-17(7-5-16)22(30)28-10-12-29(13-11-28)23(31)24(32)8-9-24/h1-7,14-15,32H,8-13H2,(H3,25,26,27). The van der Waals surface area contributed by atoms with Crippen LogP contribution in [0.4, 0.5) is 5.82 Å². The Balaban J connectivity index is 1.25. The van der Waals surface area contributed by atoms with E-state index in [1.165, 1.54) is 0 Å². The highest BCUT2D eigenvalue weighted by molar-refractivity contribution is 5.95. The Labute approximate surface area is 185 Å². The molecule has 1 saturated heterocycles. The molecule has 32 heavy (non-hydrogen) atoms. The molecule has 0 bridgehead atoms. The third-order valence-electron chi connectivity index (χ3n) is 6.21. The number of nitrogens with two attached hydrogens (primary N) is 1. The second-order valence-corrected chi connectivity index (χ2v) is 8.48. The van der Waals surface area contributed by atoms with Crippen LogP contribution in [0.5, 0.6) is 0 Å². The van der Waals surface area contributed by atoms with Crippen LogP contribution in [0.1, 0.15) is 23.2 Å². The number of nitrogen functional groups attached to an aromatic ring is 1. The number of amides is 2. The lowest BCUT2D eigenvalue weighted by Gasteiger charge is -2.35. The normalized spacial score (nSPS) is 17.3. The van der Waals surface area contributed by atoms with Gasteiger partial charge >= 0.3 is 0 Å². The van der Waals surface area contributed by atoms with E-state index in [4.69, 9.17) is 5.73 Å². The molecule has 0 unspecified atom stereocenters. The van der Waals surface area contributed by atoms with Crippen molar-refractivity contribution in [3.05, 3.63) is 60.2 Å². The summed E-state index contributed by atoms with van der Waals surface area (Å²) in [6, 6.07) is 17.4. The number of hydrogen-bond acceptors (Lipinski definition) is 5. The van der Waals surface area contributed by atoms with Crippen molar-refractivity contribution in [2.24, 2.45) is 0 Å². The van der Waals surface area contributed by atoms with Gasteiger partial charge in [-0.15, -0.1) is 0 Å². The van der Waals surface area contributed by atoms with Crippen LogP contribution >= 0.6 is 0 Å². The quantitative estimate of drug-likeness (QED) is 0.585. The first kappa shape index (κ1) is 20.3. The lowest BCUT2D eigenvalue weighted by Crippen LogP contribution is -2.53. The van der Waals surface area contributed by atoms with Gasteiger partial charge in [-0.1, -0.05) is 30.3 Å². The molecule has 0 spiro atoms. The van der Waals surface area contributed by atoms with Crippen LogP contribution in [0.2, 0.25) is 0 Å². The van der Waals surface area contributed by atoms with Gasteiger partial charge in [0.15, 0.2) is 0 Å². The molecule has 1 aliphatic heterocycles. The van der Waals surface area contributed by atoms with Crippen LogP contribution in [0.25, 0.3) is 22.4 Å². The minimum atomic E-state index is -1.15. The second-order valence-electron chi connectivity index (χ2n) is 8.48. The van der Waals surface area contributed by atoms with E-state index in [1.54, 1.807) is 15.9 Å². The van der Waals surface area contributed by atoms with Crippen molar-refractivity contribution < 1.29 is 14.7 Å². The molecular weight excluding hydrogens is 406 g/mol.